The van der Waals surface area contributed by atoms with E-state index in [1.54, 1.807) is 6.07 Å². The number of nitrogens with zero attached hydrogens (tertiary/aromatic N) is 1. The van der Waals surface area contributed by atoms with Crippen LogP contribution in [0.1, 0.15) is 32.6 Å². The molecule has 0 bridgehead atoms. The molecule has 1 amide bonds. The Kier molecular flexibility index (Phi) is 7.18. The zero-order valence-electron chi connectivity index (χ0n) is 14.1. The summed E-state index contributed by atoms with van der Waals surface area (Å²) in [6.45, 7) is 3.81. The van der Waals surface area contributed by atoms with Gasteiger partial charge in [-0.2, -0.15) is 0 Å². The summed E-state index contributed by atoms with van der Waals surface area (Å²) in [6, 6.07) is 7.75. The van der Waals surface area contributed by atoms with E-state index in [1.165, 1.54) is 19.3 Å². The molecule has 0 aromatic heterocycles. The Morgan fingerprint density at radius 3 is 2.83 bits per heavy atom. The van der Waals surface area contributed by atoms with Crippen LogP contribution in [-0.2, 0) is 4.79 Å². The Balaban J connectivity index is 1.66. The van der Waals surface area contributed by atoms with Gasteiger partial charge in [0.15, 0.2) is 0 Å². The largest absolute Gasteiger partial charge is 0.491 e. The van der Waals surface area contributed by atoms with Crippen molar-refractivity contribution in [3.05, 3.63) is 29.3 Å². The third-order valence-electron chi connectivity index (χ3n) is 4.44. The molecule has 2 atom stereocenters. The average Bonchev–Trinajstić information content (AvgIpc) is 2.51. The number of hydrogen-bond donors (Lipinski definition) is 1. The van der Waals surface area contributed by atoms with Crippen molar-refractivity contribution in [3.63, 3.8) is 0 Å². The Morgan fingerprint density at radius 1 is 1.35 bits per heavy atom. The summed E-state index contributed by atoms with van der Waals surface area (Å²) in [5.74, 6) is 1.37. The number of hydrogen-bond acceptors (Lipinski definition) is 3. The van der Waals surface area contributed by atoms with Crippen molar-refractivity contribution in [3.8, 4) is 5.75 Å². The molecular formula is C18H27ClN2O2. The van der Waals surface area contributed by atoms with Gasteiger partial charge in [-0.15, -0.1) is 0 Å². The summed E-state index contributed by atoms with van der Waals surface area (Å²) in [7, 11) is 1.93. The molecule has 0 unspecified atom stereocenters. The van der Waals surface area contributed by atoms with E-state index in [-0.39, 0.29) is 5.91 Å². The van der Waals surface area contributed by atoms with Crippen LogP contribution in [0.5, 0.6) is 5.75 Å². The topological polar surface area (TPSA) is 41.6 Å². The lowest BCUT2D eigenvalue weighted by Gasteiger charge is -2.30. The van der Waals surface area contributed by atoms with Crippen LogP contribution in [0.15, 0.2) is 24.3 Å². The molecular weight excluding hydrogens is 312 g/mol. The van der Waals surface area contributed by atoms with Crippen molar-refractivity contribution < 1.29 is 9.53 Å². The third-order valence-corrected chi connectivity index (χ3v) is 4.75. The van der Waals surface area contributed by atoms with Crippen LogP contribution in [-0.4, -0.2) is 43.6 Å². The third kappa shape index (κ3) is 6.04. The van der Waals surface area contributed by atoms with Gasteiger partial charge in [-0.25, -0.2) is 0 Å². The second kappa shape index (κ2) is 9.14. The van der Waals surface area contributed by atoms with Crippen molar-refractivity contribution in [1.29, 1.82) is 0 Å². The smallest absolute Gasteiger partial charge is 0.234 e. The van der Waals surface area contributed by atoms with Crippen molar-refractivity contribution in [2.24, 2.45) is 5.92 Å². The van der Waals surface area contributed by atoms with Gasteiger partial charge in [0.2, 0.25) is 5.91 Å². The van der Waals surface area contributed by atoms with E-state index < -0.39 is 0 Å². The Hall–Kier alpha value is -1.26. The lowest BCUT2D eigenvalue weighted by molar-refractivity contribution is -0.123. The number of amides is 1. The van der Waals surface area contributed by atoms with E-state index in [2.05, 4.69) is 12.2 Å². The summed E-state index contributed by atoms with van der Waals surface area (Å²) in [5.41, 5.74) is 0. The number of nitrogens with one attached hydrogen (secondary N) is 1. The lowest BCUT2D eigenvalue weighted by Crippen LogP contribution is -2.45. The maximum atomic E-state index is 12.1. The highest BCUT2D eigenvalue weighted by Gasteiger charge is 2.22. The Morgan fingerprint density at radius 2 is 2.09 bits per heavy atom. The molecule has 1 aromatic rings. The zero-order valence-corrected chi connectivity index (χ0v) is 14.8. The molecule has 1 N–H and O–H groups in total. The lowest BCUT2D eigenvalue weighted by atomic mass is 9.86. The second-order valence-corrected chi connectivity index (χ2v) is 6.86. The predicted octanol–water partition coefficient (Wildman–Crippen LogP) is 3.35. The molecule has 0 aliphatic heterocycles. The van der Waals surface area contributed by atoms with Gasteiger partial charge < -0.3 is 10.1 Å². The molecule has 0 heterocycles. The fourth-order valence-electron chi connectivity index (χ4n) is 2.98. The summed E-state index contributed by atoms with van der Waals surface area (Å²) in [5, 5.41) is 3.78. The molecule has 0 saturated heterocycles. The van der Waals surface area contributed by atoms with Crippen molar-refractivity contribution in [2.45, 2.75) is 38.6 Å². The number of para-hydroxylation sites is 1. The number of halogens is 1. The van der Waals surface area contributed by atoms with Gasteiger partial charge in [0.1, 0.15) is 12.4 Å². The molecule has 1 aromatic carbocycles. The van der Waals surface area contributed by atoms with Gasteiger partial charge >= 0.3 is 0 Å². The quantitative estimate of drug-likeness (QED) is 0.829. The Labute approximate surface area is 144 Å². The van der Waals surface area contributed by atoms with Gasteiger partial charge in [-0.1, -0.05) is 43.5 Å². The highest BCUT2D eigenvalue weighted by molar-refractivity contribution is 6.32. The number of carbonyl (C=O) groups is 1. The van der Waals surface area contributed by atoms with Gasteiger partial charge in [-0.05, 0) is 37.9 Å². The molecule has 2 rings (SSSR count). The van der Waals surface area contributed by atoms with Crippen molar-refractivity contribution in [1.82, 2.24) is 10.2 Å². The minimum atomic E-state index is 0.101. The first-order chi connectivity index (χ1) is 11.1. The van der Waals surface area contributed by atoms with Crippen molar-refractivity contribution >= 4 is 17.5 Å². The monoisotopic (exact) mass is 338 g/mol. The SMILES string of the molecule is C[C@H]1CCCC[C@@H]1NC(=O)CN(C)CCOc1ccccc1Cl. The van der Waals surface area contributed by atoms with Gasteiger partial charge in [0.05, 0.1) is 11.6 Å². The van der Waals surface area contributed by atoms with Crippen LogP contribution in [0.3, 0.4) is 0 Å². The van der Waals surface area contributed by atoms with E-state index in [4.69, 9.17) is 16.3 Å². The summed E-state index contributed by atoms with van der Waals surface area (Å²) < 4.78 is 5.65. The van der Waals surface area contributed by atoms with E-state index >= 15 is 0 Å². The van der Waals surface area contributed by atoms with E-state index in [9.17, 15) is 4.79 Å². The summed E-state index contributed by atoms with van der Waals surface area (Å²) in [6.07, 6.45) is 4.82. The molecule has 0 radical (unpaired) electrons. The minimum Gasteiger partial charge on any atom is -0.491 e. The van der Waals surface area contributed by atoms with Gasteiger partial charge in [-0.3, -0.25) is 9.69 Å². The first kappa shape index (κ1) is 18.1. The van der Waals surface area contributed by atoms with Crippen LogP contribution in [0.2, 0.25) is 5.02 Å². The van der Waals surface area contributed by atoms with Gasteiger partial charge in [0, 0.05) is 12.6 Å². The molecule has 1 aliphatic rings. The van der Waals surface area contributed by atoms with Crippen LogP contribution >= 0.6 is 11.6 Å². The first-order valence-electron chi connectivity index (χ1n) is 8.41. The normalized spacial score (nSPS) is 21.2. The molecule has 1 aliphatic carbocycles. The highest BCUT2D eigenvalue weighted by atomic mass is 35.5. The van der Waals surface area contributed by atoms with Crippen LogP contribution in [0, 0.1) is 5.92 Å². The predicted molar refractivity (Wildman–Crippen MR) is 94.0 cm³/mol. The molecule has 23 heavy (non-hydrogen) atoms. The van der Waals surface area contributed by atoms with Gasteiger partial charge in [0.25, 0.3) is 0 Å². The van der Waals surface area contributed by atoms with Crippen molar-refractivity contribution in [2.75, 3.05) is 26.7 Å². The highest BCUT2D eigenvalue weighted by Crippen LogP contribution is 2.24. The number of carbonyl (C=O) groups excluding carboxylic acids is 1. The maximum Gasteiger partial charge on any atom is 0.234 e. The first-order valence-corrected chi connectivity index (χ1v) is 8.79. The van der Waals surface area contributed by atoms with E-state index in [0.717, 1.165) is 6.42 Å². The minimum absolute atomic E-state index is 0.101. The number of ether oxygens (including phenoxy) is 1. The summed E-state index contributed by atoms with van der Waals surface area (Å²) >= 11 is 6.04. The Bertz CT molecular complexity index is 510. The molecule has 5 heteroatoms. The average molecular weight is 339 g/mol. The molecule has 128 valence electrons. The van der Waals surface area contributed by atoms with Crippen LogP contribution in [0.25, 0.3) is 0 Å². The van der Waals surface area contributed by atoms with Crippen LogP contribution in [0.4, 0.5) is 0 Å². The molecule has 0 spiro atoms. The fourth-order valence-corrected chi connectivity index (χ4v) is 3.17. The van der Waals surface area contributed by atoms with E-state index in [0.29, 0.717) is 42.4 Å². The zero-order chi connectivity index (χ0) is 16.7. The number of benzene rings is 1. The second-order valence-electron chi connectivity index (χ2n) is 6.45. The standard InChI is InChI=1S/C18H27ClN2O2/c1-14-7-3-5-9-16(14)20-18(22)13-21(2)11-12-23-17-10-6-4-8-15(17)19/h4,6,8,10,14,16H,3,5,7,9,11-13H2,1-2H3,(H,20,22)/t14-,16-/m0/s1. The molecule has 1 saturated carbocycles. The van der Waals surface area contributed by atoms with E-state index in [1.807, 2.05) is 30.1 Å². The summed E-state index contributed by atoms with van der Waals surface area (Å²) in [4.78, 5) is 14.1. The maximum absolute atomic E-state index is 12.1. The molecule has 1 fully saturated rings. The fraction of sp³-hybridized carbons (Fsp3) is 0.611. The molecule has 4 nitrogen and oxygen atoms in total. The van der Waals surface area contributed by atoms with Crippen LogP contribution < -0.4 is 10.1 Å². The number of rotatable bonds is 7. The number of likely N-dealkylation sites (N-methyl/N-ethyl adjacent to an activating group) is 1.